The Bertz CT molecular complexity index is 764. The molecule has 1 aromatic carbocycles. The van der Waals surface area contributed by atoms with Gasteiger partial charge in [0.25, 0.3) is 0 Å². The lowest BCUT2D eigenvalue weighted by atomic mass is 10.1. The first-order valence-corrected chi connectivity index (χ1v) is 6.53. The van der Waals surface area contributed by atoms with Crippen LogP contribution in [0.1, 0.15) is 35.5 Å². The number of hydrogen-bond acceptors (Lipinski definition) is 4. The minimum Gasteiger partial charge on any atom is -0.478 e. The number of carboxylic acid groups (broad SMARTS) is 1. The number of benzene rings is 1. The van der Waals surface area contributed by atoms with Crippen molar-refractivity contribution < 1.29 is 18.7 Å². The highest BCUT2D eigenvalue weighted by molar-refractivity contribution is 5.93. The van der Waals surface area contributed by atoms with Crippen molar-refractivity contribution in [3.05, 3.63) is 45.1 Å². The second-order valence-corrected chi connectivity index (χ2v) is 5.13. The molecule has 2 aromatic rings. The third-order valence-corrected chi connectivity index (χ3v) is 3.19. The van der Waals surface area contributed by atoms with Crippen LogP contribution in [0.5, 0.6) is 0 Å². The van der Waals surface area contributed by atoms with E-state index in [1.165, 1.54) is 0 Å². The van der Waals surface area contributed by atoms with Gasteiger partial charge in [0.2, 0.25) is 0 Å². The molecule has 0 aliphatic carbocycles. The maximum atomic E-state index is 13.7. The number of fused-ring (bicyclic) bond motifs is 1. The van der Waals surface area contributed by atoms with Crippen molar-refractivity contribution in [3.63, 3.8) is 0 Å². The zero-order valence-electron chi connectivity index (χ0n) is 12.0. The van der Waals surface area contributed by atoms with Gasteiger partial charge in [-0.15, -0.1) is 0 Å². The molecule has 1 aromatic heterocycles. The van der Waals surface area contributed by atoms with Crippen LogP contribution in [0.2, 0.25) is 0 Å². The third-order valence-electron chi connectivity index (χ3n) is 3.19. The summed E-state index contributed by atoms with van der Waals surface area (Å²) in [6, 6.07) is 2.15. The first-order chi connectivity index (χ1) is 9.81. The number of halogens is 1. The van der Waals surface area contributed by atoms with Gasteiger partial charge in [-0.1, -0.05) is 13.8 Å². The van der Waals surface area contributed by atoms with Crippen molar-refractivity contribution >= 4 is 16.9 Å². The summed E-state index contributed by atoms with van der Waals surface area (Å²) in [5.74, 6) is -1.96. The van der Waals surface area contributed by atoms with Gasteiger partial charge >= 0.3 is 5.97 Å². The van der Waals surface area contributed by atoms with Crippen LogP contribution in [0.4, 0.5) is 4.39 Å². The normalized spacial score (nSPS) is 11.3. The van der Waals surface area contributed by atoms with Gasteiger partial charge in [0, 0.05) is 12.6 Å². The Balaban J connectivity index is 2.64. The van der Waals surface area contributed by atoms with Crippen molar-refractivity contribution in [2.24, 2.45) is 0 Å². The molecule has 0 atom stereocenters. The van der Waals surface area contributed by atoms with E-state index in [1.54, 1.807) is 6.92 Å². The number of hydrogen-bond donors (Lipinski definition) is 2. The molecule has 0 bridgehead atoms. The van der Waals surface area contributed by atoms with Gasteiger partial charge in [-0.25, -0.2) is 9.18 Å². The molecule has 0 spiro atoms. The van der Waals surface area contributed by atoms with Crippen molar-refractivity contribution in [2.45, 2.75) is 33.4 Å². The Hall–Kier alpha value is -2.21. The van der Waals surface area contributed by atoms with Crippen LogP contribution < -0.4 is 10.7 Å². The first kappa shape index (κ1) is 15.2. The molecule has 0 saturated carbocycles. The van der Waals surface area contributed by atoms with E-state index in [4.69, 9.17) is 9.52 Å². The van der Waals surface area contributed by atoms with Crippen molar-refractivity contribution in [1.29, 1.82) is 0 Å². The molecular formula is C15H16FNO4. The second kappa shape index (κ2) is 5.65. The van der Waals surface area contributed by atoms with Crippen LogP contribution in [0.3, 0.4) is 0 Å². The molecule has 112 valence electrons. The largest absolute Gasteiger partial charge is 0.478 e. The lowest BCUT2D eigenvalue weighted by Crippen LogP contribution is -2.26. The van der Waals surface area contributed by atoms with E-state index in [9.17, 15) is 14.0 Å². The molecule has 2 rings (SSSR count). The quantitative estimate of drug-likeness (QED) is 0.905. The lowest BCUT2D eigenvalue weighted by Gasteiger charge is -2.11. The number of carbonyl (C=O) groups is 1. The molecule has 0 unspecified atom stereocenters. The van der Waals surface area contributed by atoms with Crippen LogP contribution in [0, 0.1) is 12.7 Å². The Morgan fingerprint density at radius 2 is 2.10 bits per heavy atom. The van der Waals surface area contributed by atoms with E-state index in [0.29, 0.717) is 17.9 Å². The van der Waals surface area contributed by atoms with Gasteiger partial charge in [0.05, 0.1) is 16.5 Å². The van der Waals surface area contributed by atoms with E-state index in [0.717, 1.165) is 12.1 Å². The van der Waals surface area contributed by atoms with Gasteiger partial charge < -0.3 is 14.8 Å². The molecule has 21 heavy (non-hydrogen) atoms. The maximum absolute atomic E-state index is 13.7. The minimum atomic E-state index is -1.40. The SMILES string of the molecule is Cc1oc2cc(C(=O)O)c(F)cc2c(=O)c1CNC(C)C. The fourth-order valence-corrected chi connectivity index (χ4v) is 2.04. The molecule has 2 N–H and O–H groups in total. The molecular weight excluding hydrogens is 277 g/mol. The summed E-state index contributed by atoms with van der Waals surface area (Å²) in [7, 11) is 0. The third kappa shape index (κ3) is 2.95. The molecule has 0 fully saturated rings. The average Bonchev–Trinajstić information content (AvgIpc) is 2.38. The Labute approximate surface area is 120 Å². The smallest absolute Gasteiger partial charge is 0.338 e. The fourth-order valence-electron chi connectivity index (χ4n) is 2.04. The summed E-state index contributed by atoms with van der Waals surface area (Å²) in [5.41, 5.74) is -0.376. The number of rotatable bonds is 4. The van der Waals surface area contributed by atoms with E-state index >= 15 is 0 Å². The van der Waals surface area contributed by atoms with Gasteiger partial charge in [-0.2, -0.15) is 0 Å². The van der Waals surface area contributed by atoms with E-state index < -0.39 is 17.3 Å². The number of aromatic carboxylic acids is 1. The average molecular weight is 293 g/mol. The summed E-state index contributed by atoms with van der Waals surface area (Å²) >= 11 is 0. The molecule has 0 aliphatic rings. The maximum Gasteiger partial charge on any atom is 0.338 e. The number of nitrogens with one attached hydrogen (secondary N) is 1. The summed E-state index contributed by atoms with van der Waals surface area (Å²) in [5, 5.41) is 12.0. The molecule has 0 aliphatic heterocycles. The Morgan fingerprint density at radius 3 is 2.67 bits per heavy atom. The standard InChI is InChI=1S/C15H16FNO4/c1-7(2)17-6-11-8(3)21-13-5-9(15(19)20)12(16)4-10(13)14(11)18/h4-5,7,17H,6H2,1-3H3,(H,19,20). The van der Waals surface area contributed by atoms with Crippen LogP contribution in [0.25, 0.3) is 11.0 Å². The van der Waals surface area contributed by atoms with E-state index in [-0.39, 0.29) is 22.4 Å². The van der Waals surface area contributed by atoms with Gasteiger partial charge in [-0.3, -0.25) is 4.79 Å². The van der Waals surface area contributed by atoms with Crippen molar-refractivity contribution in [3.8, 4) is 0 Å². The molecule has 0 saturated heterocycles. The van der Waals surface area contributed by atoms with Crippen LogP contribution in [0.15, 0.2) is 21.3 Å². The predicted octanol–water partition coefficient (Wildman–Crippen LogP) is 2.44. The van der Waals surface area contributed by atoms with Crippen molar-refractivity contribution in [1.82, 2.24) is 5.32 Å². The van der Waals surface area contributed by atoms with Gasteiger partial charge in [0.1, 0.15) is 17.2 Å². The molecule has 0 radical (unpaired) electrons. The second-order valence-electron chi connectivity index (χ2n) is 5.13. The first-order valence-electron chi connectivity index (χ1n) is 6.53. The van der Waals surface area contributed by atoms with E-state index in [1.807, 2.05) is 13.8 Å². The summed E-state index contributed by atoms with van der Waals surface area (Å²) < 4.78 is 19.2. The highest BCUT2D eigenvalue weighted by Crippen LogP contribution is 2.20. The topological polar surface area (TPSA) is 79.5 Å². The molecule has 0 amide bonds. The van der Waals surface area contributed by atoms with Gasteiger partial charge in [-0.05, 0) is 19.1 Å². The summed E-state index contributed by atoms with van der Waals surface area (Å²) in [4.78, 5) is 23.3. The summed E-state index contributed by atoms with van der Waals surface area (Å²) in [6.45, 7) is 5.82. The Kier molecular flexibility index (Phi) is 4.09. The van der Waals surface area contributed by atoms with Crippen molar-refractivity contribution in [2.75, 3.05) is 0 Å². The molecule has 6 heteroatoms. The van der Waals surface area contributed by atoms with Crippen LogP contribution in [-0.2, 0) is 6.54 Å². The highest BCUT2D eigenvalue weighted by Gasteiger charge is 2.17. The Morgan fingerprint density at radius 1 is 1.43 bits per heavy atom. The molecule has 1 heterocycles. The zero-order valence-corrected chi connectivity index (χ0v) is 12.0. The van der Waals surface area contributed by atoms with E-state index in [2.05, 4.69) is 5.32 Å². The lowest BCUT2D eigenvalue weighted by molar-refractivity contribution is 0.0692. The van der Waals surface area contributed by atoms with Gasteiger partial charge in [0.15, 0.2) is 5.43 Å². The number of aryl methyl sites for hydroxylation is 1. The monoisotopic (exact) mass is 293 g/mol. The highest BCUT2D eigenvalue weighted by atomic mass is 19.1. The zero-order chi connectivity index (χ0) is 15.7. The fraction of sp³-hybridized carbons (Fsp3) is 0.333. The predicted molar refractivity (Wildman–Crippen MR) is 76.1 cm³/mol. The van der Waals surface area contributed by atoms with Crippen LogP contribution in [-0.4, -0.2) is 17.1 Å². The van der Waals surface area contributed by atoms with Crippen LogP contribution >= 0.6 is 0 Å². The molecule has 5 nitrogen and oxygen atoms in total. The summed E-state index contributed by atoms with van der Waals surface area (Å²) in [6.07, 6.45) is 0. The minimum absolute atomic E-state index is 0.0451. The number of carboxylic acids is 1.